The van der Waals surface area contributed by atoms with E-state index in [2.05, 4.69) is 25.3 Å². The van der Waals surface area contributed by atoms with E-state index in [9.17, 15) is 4.79 Å². The molecule has 0 unspecified atom stereocenters. The highest BCUT2D eigenvalue weighted by Gasteiger charge is 2.13. The van der Waals surface area contributed by atoms with Crippen LogP contribution in [0.3, 0.4) is 0 Å². The van der Waals surface area contributed by atoms with Crippen molar-refractivity contribution in [1.29, 1.82) is 0 Å². The Labute approximate surface area is 146 Å². The van der Waals surface area contributed by atoms with E-state index in [-0.39, 0.29) is 11.9 Å². The van der Waals surface area contributed by atoms with Gasteiger partial charge in [-0.05, 0) is 37.6 Å². The van der Waals surface area contributed by atoms with E-state index in [1.54, 1.807) is 18.6 Å². The van der Waals surface area contributed by atoms with Crippen molar-refractivity contribution in [3.05, 3.63) is 72.1 Å². The molecule has 0 aliphatic rings. The zero-order chi connectivity index (χ0) is 17.6. The number of pyridine rings is 2. The Balaban J connectivity index is 1.64. The summed E-state index contributed by atoms with van der Waals surface area (Å²) in [6, 6.07) is 7.53. The minimum atomic E-state index is -0.192. The topological polar surface area (TPSA) is 80.7 Å². The number of hydrogen-bond acceptors (Lipinski definition) is 5. The van der Waals surface area contributed by atoms with Crippen molar-refractivity contribution in [2.75, 3.05) is 0 Å². The predicted molar refractivity (Wildman–Crippen MR) is 94.9 cm³/mol. The molecule has 0 fully saturated rings. The second kappa shape index (κ2) is 7.61. The van der Waals surface area contributed by atoms with Crippen molar-refractivity contribution in [2.24, 2.45) is 0 Å². The fourth-order valence-electron chi connectivity index (χ4n) is 2.48. The Bertz CT molecular complexity index is 849. The van der Waals surface area contributed by atoms with E-state index < -0.39 is 0 Å². The van der Waals surface area contributed by atoms with E-state index in [0.717, 1.165) is 16.8 Å². The van der Waals surface area contributed by atoms with Gasteiger partial charge in [0.25, 0.3) is 5.91 Å². The number of rotatable bonds is 5. The molecule has 6 nitrogen and oxygen atoms in total. The minimum Gasteiger partial charge on any atom is -0.349 e. The molecule has 1 atom stereocenters. The largest absolute Gasteiger partial charge is 0.349 e. The molecule has 0 bridgehead atoms. The third kappa shape index (κ3) is 4.23. The lowest BCUT2D eigenvalue weighted by atomic mass is 10.1. The summed E-state index contributed by atoms with van der Waals surface area (Å²) in [5.74, 6) is 0.374. The van der Waals surface area contributed by atoms with Crippen molar-refractivity contribution < 1.29 is 4.79 Å². The van der Waals surface area contributed by atoms with Crippen molar-refractivity contribution >= 4 is 5.91 Å². The van der Waals surface area contributed by atoms with Crippen molar-refractivity contribution in [2.45, 2.75) is 26.3 Å². The van der Waals surface area contributed by atoms with Crippen LogP contribution in [0.5, 0.6) is 0 Å². The van der Waals surface area contributed by atoms with Crippen LogP contribution in [0.1, 0.15) is 28.5 Å². The van der Waals surface area contributed by atoms with Gasteiger partial charge in [-0.1, -0.05) is 6.07 Å². The minimum absolute atomic E-state index is 0.0408. The number of amides is 1. The first-order valence-electron chi connectivity index (χ1n) is 8.07. The molecule has 0 aliphatic carbocycles. The average Bonchev–Trinajstić information content (AvgIpc) is 2.64. The molecule has 126 valence electrons. The molecule has 1 amide bonds. The standard InChI is InChI=1S/C19H19N5O/c1-13-4-3-7-21-17(13)10-14(2)24-19(25)16-11-22-18(23-12-16)15-5-8-20-9-6-15/h3-9,11-12,14H,10H2,1-2H3,(H,24,25)/t14-/m1/s1. The fourth-order valence-corrected chi connectivity index (χ4v) is 2.48. The lowest BCUT2D eigenvalue weighted by molar-refractivity contribution is 0.0939. The molecular formula is C19H19N5O. The molecule has 0 spiro atoms. The monoisotopic (exact) mass is 333 g/mol. The molecule has 3 aromatic rings. The third-order valence-corrected chi connectivity index (χ3v) is 3.85. The predicted octanol–water partition coefficient (Wildman–Crippen LogP) is 2.60. The molecule has 25 heavy (non-hydrogen) atoms. The zero-order valence-corrected chi connectivity index (χ0v) is 14.2. The average molecular weight is 333 g/mol. The second-order valence-electron chi connectivity index (χ2n) is 5.88. The third-order valence-electron chi connectivity index (χ3n) is 3.85. The molecule has 0 saturated heterocycles. The van der Waals surface area contributed by atoms with E-state index in [0.29, 0.717) is 17.8 Å². The van der Waals surface area contributed by atoms with Crippen LogP contribution in [0.4, 0.5) is 0 Å². The zero-order valence-electron chi connectivity index (χ0n) is 14.2. The Morgan fingerprint density at radius 1 is 1.08 bits per heavy atom. The van der Waals surface area contributed by atoms with E-state index in [1.807, 2.05) is 38.1 Å². The first kappa shape index (κ1) is 16.7. The van der Waals surface area contributed by atoms with Gasteiger partial charge in [0.2, 0.25) is 0 Å². The molecule has 0 radical (unpaired) electrons. The molecule has 3 aromatic heterocycles. The summed E-state index contributed by atoms with van der Waals surface area (Å²) in [5, 5.41) is 2.96. The highest BCUT2D eigenvalue weighted by atomic mass is 16.1. The van der Waals surface area contributed by atoms with Crippen LogP contribution in [0.25, 0.3) is 11.4 Å². The molecule has 0 aliphatic heterocycles. The van der Waals surface area contributed by atoms with Gasteiger partial charge in [-0.15, -0.1) is 0 Å². The molecule has 3 heterocycles. The fraction of sp³-hybridized carbons (Fsp3) is 0.211. The van der Waals surface area contributed by atoms with E-state index in [1.165, 1.54) is 12.4 Å². The van der Waals surface area contributed by atoms with Gasteiger partial charge in [-0.3, -0.25) is 14.8 Å². The summed E-state index contributed by atoms with van der Waals surface area (Å²) in [5.41, 5.74) is 3.40. The normalized spacial score (nSPS) is 11.8. The van der Waals surface area contributed by atoms with Crippen LogP contribution >= 0.6 is 0 Å². The number of aromatic nitrogens is 4. The lowest BCUT2D eigenvalue weighted by Gasteiger charge is -2.14. The SMILES string of the molecule is Cc1cccnc1C[C@@H](C)NC(=O)c1cnc(-c2ccncc2)nc1. The first-order chi connectivity index (χ1) is 12.1. The van der Waals surface area contributed by atoms with Crippen LogP contribution in [0, 0.1) is 6.92 Å². The Morgan fingerprint density at radius 3 is 2.48 bits per heavy atom. The first-order valence-corrected chi connectivity index (χ1v) is 8.07. The van der Waals surface area contributed by atoms with Crippen LogP contribution in [0.2, 0.25) is 0 Å². The number of hydrogen-bond donors (Lipinski definition) is 1. The summed E-state index contributed by atoms with van der Waals surface area (Å²) < 4.78 is 0. The maximum atomic E-state index is 12.4. The number of aryl methyl sites for hydroxylation is 1. The summed E-state index contributed by atoms with van der Waals surface area (Å²) >= 11 is 0. The van der Waals surface area contributed by atoms with Gasteiger partial charge in [0.1, 0.15) is 0 Å². The molecular weight excluding hydrogens is 314 g/mol. The summed E-state index contributed by atoms with van der Waals surface area (Å²) in [6.45, 7) is 3.97. The van der Waals surface area contributed by atoms with Gasteiger partial charge in [0.05, 0.1) is 5.56 Å². The Kier molecular flexibility index (Phi) is 5.09. The molecule has 0 saturated carbocycles. The Morgan fingerprint density at radius 2 is 1.80 bits per heavy atom. The lowest BCUT2D eigenvalue weighted by Crippen LogP contribution is -2.34. The van der Waals surface area contributed by atoms with Crippen molar-refractivity contribution in [1.82, 2.24) is 25.3 Å². The van der Waals surface area contributed by atoms with Gasteiger partial charge in [0.15, 0.2) is 5.82 Å². The maximum Gasteiger partial charge on any atom is 0.254 e. The number of carbonyl (C=O) groups is 1. The van der Waals surface area contributed by atoms with Crippen molar-refractivity contribution in [3.8, 4) is 11.4 Å². The Hall–Kier alpha value is -3.15. The van der Waals surface area contributed by atoms with Crippen LogP contribution in [-0.2, 0) is 6.42 Å². The van der Waals surface area contributed by atoms with E-state index in [4.69, 9.17) is 0 Å². The summed E-state index contributed by atoms with van der Waals surface area (Å²) in [7, 11) is 0. The van der Waals surface area contributed by atoms with Gasteiger partial charge in [0, 0.05) is 54.7 Å². The number of nitrogens with one attached hydrogen (secondary N) is 1. The molecule has 3 rings (SSSR count). The highest BCUT2D eigenvalue weighted by Crippen LogP contribution is 2.12. The van der Waals surface area contributed by atoms with Crippen LogP contribution in [0.15, 0.2) is 55.2 Å². The van der Waals surface area contributed by atoms with Gasteiger partial charge < -0.3 is 5.32 Å². The summed E-state index contributed by atoms with van der Waals surface area (Å²) in [4.78, 5) is 29.2. The molecule has 1 N–H and O–H groups in total. The van der Waals surface area contributed by atoms with Crippen LogP contribution < -0.4 is 5.32 Å². The smallest absolute Gasteiger partial charge is 0.254 e. The quantitative estimate of drug-likeness (QED) is 0.776. The molecule has 6 heteroatoms. The van der Waals surface area contributed by atoms with Crippen molar-refractivity contribution in [3.63, 3.8) is 0 Å². The maximum absolute atomic E-state index is 12.4. The van der Waals surface area contributed by atoms with Gasteiger partial charge in [-0.2, -0.15) is 0 Å². The van der Waals surface area contributed by atoms with Gasteiger partial charge >= 0.3 is 0 Å². The number of carbonyl (C=O) groups excluding carboxylic acids is 1. The second-order valence-corrected chi connectivity index (χ2v) is 5.88. The highest BCUT2D eigenvalue weighted by molar-refractivity contribution is 5.93. The summed E-state index contributed by atoms with van der Waals surface area (Å²) in [6.07, 6.45) is 8.88. The van der Waals surface area contributed by atoms with Gasteiger partial charge in [-0.25, -0.2) is 9.97 Å². The van der Waals surface area contributed by atoms with E-state index >= 15 is 0 Å². The number of nitrogens with zero attached hydrogens (tertiary/aromatic N) is 4. The molecule has 0 aromatic carbocycles. The van der Waals surface area contributed by atoms with Crippen LogP contribution in [-0.4, -0.2) is 31.9 Å².